The number of imide groups is 1. The SMILES string of the molecule is Cc1c(C(=O)c2ccccc2)cc(NC(=O)c2ccccc2)c2c1C(=O)N(C)C2=O. The van der Waals surface area contributed by atoms with Gasteiger partial charge in [0.2, 0.25) is 0 Å². The molecule has 0 bridgehead atoms. The topological polar surface area (TPSA) is 83.6 Å². The van der Waals surface area contributed by atoms with Crippen LogP contribution >= 0.6 is 0 Å². The number of amides is 3. The van der Waals surface area contributed by atoms with Crippen molar-refractivity contribution in [3.63, 3.8) is 0 Å². The van der Waals surface area contributed by atoms with Crippen LogP contribution in [0.5, 0.6) is 0 Å². The van der Waals surface area contributed by atoms with Crippen molar-refractivity contribution in [3.8, 4) is 0 Å². The number of carbonyl (C=O) groups excluding carboxylic acids is 4. The Kier molecular flexibility index (Phi) is 4.75. The second-order valence-electron chi connectivity index (χ2n) is 7.03. The Hall–Kier alpha value is -4.06. The van der Waals surface area contributed by atoms with Gasteiger partial charge in [0.05, 0.1) is 16.8 Å². The average molecular weight is 398 g/mol. The Bertz CT molecular complexity index is 1200. The number of hydrogen-bond acceptors (Lipinski definition) is 4. The number of carbonyl (C=O) groups is 4. The minimum atomic E-state index is -0.514. The van der Waals surface area contributed by atoms with Gasteiger partial charge in [0, 0.05) is 23.7 Å². The molecule has 0 aliphatic carbocycles. The van der Waals surface area contributed by atoms with Crippen molar-refractivity contribution in [2.24, 2.45) is 0 Å². The van der Waals surface area contributed by atoms with Crippen LogP contribution in [0.25, 0.3) is 0 Å². The fourth-order valence-electron chi connectivity index (χ4n) is 3.56. The Morgan fingerprint density at radius 2 is 1.33 bits per heavy atom. The third-order valence-electron chi connectivity index (χ3n) is 5.19. The van der Waals surface area contributed by atoms with Crippen molar-refractivity contribution in [2.75, 3.05) is 12.4 Å². The molecule has 0 saturated heterocycles. The van der Waals surface area contributed by atoms with Gasteiger partial charge in [-0.05, 0) is 30.7 Å². The zero-order valence-corrected chi connectivity index (χ0v) is 16.4. The first-order valence-corrected chi connectivity index (χ1v) is 9.36. The van der Waals surface area contributed by atoms with Crippen molar-refractivity contribution in [2.45, 2.75) is 6.92 Å². The van der Waals surface area contributed by atoms with Crippen LogP contribution in [0.15, 0.2) is 66.7 Å². The van der Waals surface area contributed by atoms with Crippen molar-refractivity contribution in [1.29, 1.82) is 0 Å². The maximum absolute atomic E-state index is 13.1. The van der Waals surface area contributed by atoms with Gasteiger partial charge in [0.25, 0.3) is 17.7 Å². The third kappa shape index (κ3) is 3.08. The van der Waals surface area contributed by atoms with E-state index in [1.807, 2.05) is 0 Å². The maximum atomic E-state index is 13.1. The molecule has 0 aromatic heterocycles. The van der Waals surface area contributed by atoms with Crippen LogP contribution in [0.3, 0.4) is 0 Å². The van der Waals surface area contributed by atoms with Gasteiger partial charge in [-0.2, -0.15) is 0 Å². The fourth-order valence-corrected chi connectivity index (χ4v) is 3.56. The molecule has 0 radical (unpaired) electrons. The third-order valence-corrected chi connectivity index (χ3v) is 5.19. The molecular formula is C24H18N2O4. The molecule has 0 saturated carbocycles. The lowest BCUT2D eigenvalue weighted by molar-refractivity contribution is 0.0693. The largest absolute Gasteiger partial charge is 0.321 e. The molecule has 3 amide bonds. The number of benzene rings is 3. The van der Waals surface area contributed by atoms with E-state index in [4.69, 9.17) is 0 Å². The second kappa shape index (κ2) is 7.40. The van der Waals surface area contributed by atoms with Gasteiger partial charge in [-0.15, -0.1) is 0 Å². The van der Waals surface area contributed by atoms with Crippen LogP contribution in [0.1, 0.15) is 52.6 Å². The summed E-state index contributed by atoms with van der Waals surface area (Å²) in [4.78, 5) is 52.3. The van der Waals surface area contributed by atoms with Crippen LogP contribution in [-0.2, 0) is 0 Å². The summed E-state index contributed by atoms with van der Waals surface area (Å²) in [6, 6.07) is 18.6. The van der Waals surface area contributed by atoms with Crippen LogP contribution in [0.2, 0.25) is 0 Å². The molecule has 1 aliphatic rings. The van der Waals surface area contributed by atoms with E-state index in [-0.39, 0.29) is 28.2 Å². The summed E-state index contributed by atoms with van der Waals surface area (Å²) in [5.41, 5.74) is 1.92. The molecule has 6 nitrogen and oxygen atoms in total. The van der Waals surface area contributed by atoms with Crippen molar-refractivity contribution >= 4 is 29.2 Å². The van der Waals surface area contributed by atoms with E-state index in [1.54, 1.807) is 67.6 Å². The maximum Gasteiger partial charge on any atom is 0.263 e. The average Bonchev–Trinajstić information content (AvgIpc) is 3.01. The van der Waals surface area contributed by atoms with E-state index in [9.17, 15) is 19.2 Å². The Morgan fingerprint density at radius 1 is 0.800 bits per heavy atom. The Balaban J connectivity index is 1.87. The first-order valence-electron chi connectivity index (χ1n) is 9.36. The zero-order valence-electron chi connectivity index (χ0n) is 16.4. The van der Waals surface area contributed by atoms with Crippen LogP contribution < -0.4 is 5.32 Å². The Morgan fingerprint density at radius 3 is 1.93 bits per heavy atom. The summed E-state index contributed by atoms with van der Waals surface area (Å²) >= 11 is 0. The standard InChI is InChI=1S/C24H18N2O4/c1-14-17(21(27)15-9-5-3-6-10-15)13-18(20-19(14)23(29)26(2)24(20)30)25-22(28)16-11-7-4-8-12-16/h3-13H,1-2H3,(H,25,28). The van der Waals surface area contributed by atoms with Gasteiger partial charge in [-0.1, -0.05) is 48.5 Å². The molecule has 148 valence electrons. The predicted molar refractivity (Wildman–Crippen MR) is 112 cm³/mol. The number of rotatable bonds is 4. The van der Waals surface area contributed by atoms with E-state index >= 15 is 0 Å². The second-order valence-corrected chi connectivity index (χ2v) is 7.03. The van der Waals surface area contributed by atoms with Gasteiger partial charge in [-0.25, -0.2) is 0 Å². The Labute approximate surface area is 173 Å². The lowest BCUT2D eigenvalue weighted by Gasteiger charge is -2.14. The van der Waals surface area contributed by atoms with Crippen LogP contribution in [0.4, 0.5) is 5.69 Å². The van der Waals surface area contributed by atoms with Crippen LogP contribution in [0, 0.1) is 6.92 Å². The highest BCUT2D eigenvalue weighted by atomic mass is 16.2. The summed E-state index contributed by atoms with van der Waals surface area (Å²) in [7, 11) is 1.38. The number of ketones is 1. The first kappa shape index (κ1) is 19.3. The molecule has 0 fully saturated rings. The van der Waals surface area contributed by atoms with E-state index < -0.39 is 17.7 Å². The van der Waals surface area contributed by atoms with Crippen LogP contribution in [-0.4, -0.2) is 35.5 Å². The van der Waals surface area contributed by atoms with Crippen molar-refractivity contribution < 1.29 is 19.2 Å². The molecule has 1 N–H and O–H groups in total. The molecule has 6 heteroatoms. The number of hydrogen-bond donors (Lipinski definition) is 1. The summed E-state index contributed by atoms with van der Waals surface area (Å²) < 4.78 is 0. The van der Waals surface area contributed by atoms with E-state index in [0.717, 1.165) is 4.90 Å². The number of anilines is 1. The highest BCUT2D eigenvalue weighted by molar-refractivity contribution is 6.27. The minimum Gasteiger partial charge on any atom is -0.321 e. The molecule has 0 spiro atoms. The molecule has 3 aromatic carbocycles. The van der Waals surface area contributed by atoms with Crippen molar-refractivity contribution in [1.82, 2.24) is 4.90 Å². The minimum absolute atomic E-state index is 0.105. The summed E-state index contributed by atoms with van der Waals surface area (Å²) in [6.45, 7) is 1.64. The summed E-state index contributed by atoms with van der Waals surface area (Å²) in [6.07, 6.45) is 0. The van der Waals surface area contributed by atoms with Crippen molar-refractivity contribution in [3.05, 3.63) is 100 Å². The molecule has 4 rings (SSSR count). The molecule has 1 heterocycles. The van der Waals surface area contributed by atoms with E-state index in [1.165, 1.54) is 13.1 Å². The number of fused-ring (bicyclic) bond motifs is 1. The molecule has 30 heavy (non-hydrogen) atoms. The number of nitrogens with zero attached hydrogens (tertiary/aromatic N) is 1. The smallest absolute Gasteiger partial charge is 0.263 e. The molecular weight excluding hydrogens is 380 g/mol. The lowest BCUT2D eigenvalue weighted by atomic mass is 9.91. The van der Waals surface area contributed by atoms with Gasteiger partial charge in [0.15, 0.2) is 5.78 Å². The highest BCUT2D eigenvalue weighted by Crippen LogP contribution is 2.34. The fraction of sp³-hybridized carbons (Fsp3) is 0.0833. The van der Waals surface area contributed by atoms with Gasteiger partial charge in [-0.3, -0.25) is 24.1 Å². The molecule has 1 aliphatic heterocycles. The normalized spacial score (nSPS) is 12.7. The zero-order chi connectivity index (χ0) is 21.4. The number of nitrogens with one attached hydrogen (secondary N) is 1. The highest BCUT2D eigenvalue weighted by Gasteiger charge is 2.38. The van der Waals surface area contributed by atoms with Gasteiger partial charge in [0.1, 0.15) is 0 Å². The molecule has 3 aromatic rings. The lowest BCUT2D eigenvalue weighted by Crippen LogP contribution is -2.24. The van der Waals surface area contributed by atoms with E-state index in [2.05, 4.69) is 5.32 Å². The van der Waals surface area contributed by atoms with Gasteiger partial charge < -0.3 is 5.32 Å². The quantitative estimate of drug-likeness (QED) is 0.536. The monoisotopic (exact) mass is 398 g/mol. The van der Waals surface area contributed by atoms with E-state index in [0.29, 0.717) is 16.7 Å². The summed E-state index contributed by atoms with van der Waals surface area (Å²) in [5, 5.41) is 2.71. The molecule has 0 unspecified atom stereocenters. The first-order chi connectivity index (χ1) is 14.4. The predicted octanol–water partition coefficient (Wildman–Crippen LogP) is 3.70. The van der Waals surface area contributed by atoms with Gasteiger partial charge >= 0.3 is 0 Å². The molecule has 0 atom stereocenters. The summed E-state index contributed by atoms with van der Waals surface area (Å²) in [5.74, 6) is -1.74.